The Morgan fingerprint density at radius 3 is 2.72 bits per heavy atom. The fraction of sp³-hybridized carbons (Fsp3) is 0.111. The number of halogens is 2. The van der Waals surface area contributed by atoms with Crippen molar-refractivity contribution in [2.24, 2.45) is 0 Å². The van der Waals surface area contributed by atoms with Crippen molar-refractivity contribution in [1.29, 1.82) is 0 Å². The number of carbonyl (C=O) groups excluding carboxylic acids is 1. The third kappa shape index (κ3) is 4.57. The summed E-state index contributed by atoms with van der Waals surface area (Å²) < 4.78 is 5.66. The number of thioether (sulfide) groups is 1. The molecule has 0 spiro atoms. The van der Waals surface area contributed by atoms with Gasteiger partial charge in [0, 0.05) is 21.3 Å². The molecule has 0 aliphatic carbocycles. The second-order valence-electron chi connectivity index (χ2n) is 5.25. The zero-order chi connectivity index (χ0) is 17.8. The number of carbonyl (C=O) groups is 1. The number of hydrogen-bond donors (Lipinski definition) is 1. The molecule has 0 saturated heterocycles. The molecule has 0 radical (unpaired) electrons. The third-order valence-corrected chi connectivity index (χ3v) is 4.99. The van der Waals surface area contributed by atoms with Crippen molar-refractivity contribution in [1.82, 2.24) is 4.98 Å². The van der Waals surface area contributed by atoms with Crippen LogP contribution in [0.4, 0.5) is 5.69 Å². The third-order valence-electron chi connectivity index (χ3n) is 3.48. The minimum Gasteiger partial charge on any atom is -0.431 e. The first-order valence-corrected chi connectivity index (χ1v) is 9.16. The Bertz CT molecular complexity index is 894. The average Bonchev–Trinajstić information content (AvgIpc) is 3.07. The largest absolute Gasteiger partial charge is 0.431 e. The quantitative estimate of drug-likeness (QED) is 0.566. The molecule has 0 bridgehead atoms. The molecule has 25 heavy (non-hydrogen) atoms. The molecule has 0 fully saturated rings. The second-order valence-corrected chi connectivity index (χ2v) is 7.02. The Morgan fingerprint density at radius 2 is 1.96 bits per heavy atom. The zero-order valence-electron chi connectivity index (χ0n) is 13.3. The smallest absolute Gasteiger partial charge is 0.256 e. The van der Waals surface area contributed by atoms with Crippen LogP contribution in [0.1, 0.15) is 5.56 Å². The maximum absolute atomic E-state index is 12.1. The van der Waals surface area contributed by atoms with E-state index in [2.05, 4.69) is 10.3 Å². The predicted octanol–water partition coefficient (Wildman–Crippen LogP) is 5.69. The monoisotopic (exact) mass is 392 g/mol. The molecule has 128 valence electrons. The van der Waals surface area contributed by atoms with Gasteiger partial charge in [-0.05, 0) is 48.9 Å². The summed E-state index contributed by atoms with van der Waals surface area (Å²) in [5.74, 6) is 0.666. The van der Waals surface area contributed by atoms with Crippen molar-refractivity contribution in [2.75, 3.05) is 11.1 Å². The van der Waals surface area contributed by atoms with E-state index in [4.69, 9.17) is 27.6 Å². The number of benzene rings is 2. The first-order valence-electron chi connectivity index (χ1n) is 7.42. The van der Waals surface area contributed by atoms with Gasteiger partial charge in [0.1, 0.15) is 0 Å². The van der Waals surface area contributed by atoms with Gasteiger partial charge in [-0.3, -0.25) is 4.79 Å². The van der Waals surface area contributed by atoms with Crippen LogP contribution in [0.2, 0.25) is 10.0 Å². The Labute approximate surface area is 159 Å². The first kappa shape index (κ1) is 17.9. The van der Waals surface area contributed by atoms with Crippen LogP contribution in [-0.4, -0.2) is 16.6 Å². The molecular weight excluding hydrogens is 379 g/mol. The van der Waals surface area contributed by atoms with Gasteiger partial charge >= 0.3 is 0 Å². The average molecular weight is 393 g/mol. The van der Waals surface area contributed by atoms with Gasteiger partial charge in [0.15, 0.2) is 5.76 Å². The van der Waals surface area contributed by atoms with Crippen molar-refractivity contribution in [3.05, 3.63) is 64.3 Å². The minimum atomic E-state index is -0.151. The molecule has 3 aromatic rings. The summed E-state index contributed by atoms with van der Waals surface area (Å²) in [6, 6.07) is 12.7. The fourth-order valence-corrected chi connectivity index (χ4v) is 3.03. The highest BCUT2D eigenvalue weighted by Gasteiger charge is 2.11. The van der Waals surface area contributed by atoms with Crippen LogP contribution in [0.3, 0.4) is 0 Å². The van der Waals surface area contributed by atoms with E-state index in [-0.39, 0.29) is 11.7 Å². The molecule has 7 heteroatoms. The Balaban J connectivity index is 1.59. The number of hydrogen-bond acceptors (Lipinski definition) is 4. The number of nitrogens with zero attached hydrogens (tertiary/aromatic N) is 1. The highest BCUT2D eigenvalue weighted by molar-refractivity contribution is 7.99. The number of anilines is 1. The van der Waals surface area contributed by atoms with Crippen molar-refractivity contribution in [3.63, 3.8) is 0 Å². The van der Waals surface area contributed by atoms with Gasteiger partial charge in [-0.15, -0.1) is 0 Å². The van der Waals surface area contributed by atoms with E-state index < -0.39 is 0 Å². The zero-order valence-corrected chi connectivity index (χ0v) is 15.6. The molecule has 0 saturated carbocycles. The molecule has 0 atom stereocenters. The van der Waals surface area contributed by atoms with Crippen molar-refractivity contribution < 1.29 is 9.21 Å². The number of oxazole rings is 1. The molecule has 1 aromatic heterocycles. The fourth-order valence-electron chi connectivity index (χ4n) is 2.13. The van der Waals surface area contributed by atoms with Crippen LogP contribution in [0.25, 0.3) is 11.3 Å². The molecule has 0 aliphatic rings. The van der Waals surface area contributed by atoms with Crippen LogP contribution in [0.15, 0.2) is 58.3 Å². The van der Waals surface area contributed by atoms with Gasteiger partial charge in [-0.1, -0.05) is 41.0 Å². The van der Waals surface area contributed by atoms with Crippen LogP contribution < -0.4 is 5.32 Å². The summed E-state index contributed by atoms with van der Waals surface area (Å²) in [4.78, 5) is 16.3. The normalized spacial score (nSPS) is 10.7. The molecule has 2 aromatic carbocycles. The summed E-state index contributed by atoms with van der Waals surface area (Å²) in [7, 11) is 0. The van der Waals surface area contributed by atoms with Gasteiger partial charge < -0.3 is 9.73 Å². The summed E-state index contributed by atoms with van der Waals surface area (Å²) >= 11 is 13.2. The summed E-state index contributed by atoms with van der Waals surface area (Å²) in [5.41, 5.74) is 2.42. The second kappa shape index (κ2) is 7.95. The highest BCUT2D eigenvalue weighted by Crippen LogP contribution is 2.27. The van der Waals surface area contributed by atoms with Crippen LogP contribution in [0.5, 0.6) is 0 Å². The summed E-state index contributed by atoms with van der Waals surface area (Å²) in [5, 5.41) is 4.55. The maximum atomic E-state index is 12.1. The van der Waals surface area contributed by atoms with Gasteiger partial charge in [-0.25, -0.2) is 4.98 Å². The lowest BCUT2D eigenvalue weighted by Gasteiger charge is -2.08. The van der Waals surface area contributed by atoms with Gasteiger partial charge in [0.25, 0.3) is 5.22 Å². The molecule has 0 unspecified atom stereocenters. The van der Waals surface area contributed by atoms with Gasteiger partial charge in [0.05, 0.1) is 11.9 Å². The molecule has 3 rings (SSSR count). The van der Waals surface area contributed by atoms with E-state index in [1.54, 1.807) is 30.5 Å². The first-order chi connectivity index (χ1) is 12.0. The van der Waals surface area contributed by atoms with E-state index in [0.717, 1.165) is 11.1 Å². The van der Waals surface area contributed by atoms with E-state index >= 15 is 0 Å². The lowest BCUT2D eigenvalue weighted by molar-refractivity contribution is -0.113. The highest BCUT2D eigenvalue weighted by atomic mass is 35.5. The summed E-state index contributed by atoms with van der Waals surface area (Å²) in [6.07, 6.45) is 1.63. The van der Waals surface area contributed by atoms with Gasteiger partial charge in [-0.2, -0.15) is 0 Å². The molecule has 0 aliphatic heterocycles. The number of aromatic nitrogens is 1. The molecule has 1 N–H and O–H groups in total. The van der Waals surface area contributed by atoms with Crippen LogP contribution in [0, 0.1) is 6.92 Å². The molecule has 1 heterocycles. The Hall–Kier alpha value is -1.95. The number of nitrogens with one attached hydrogen (secondary N) is 1. The maximum Gasteiger partial charge on any atom is 0.256 e. The molecular formula is C18H14Cl2N2O2S. The number of amides is 1. The van der Waals surface area contributed by atoms with E-state index in [1.807, 2.05) is 25.1 Å². The lowest BCUT2D eigenvalue weighted by atomic mass is 10.2. The van der Waals surface area contributed by atoms with Crippen molar-refractivity contribution in [3.8, 4) is 11.3 Å². The predicted molar refractivity (Wildman–Crippen MR) is 102 cm³/mol. The molecule has 4 nitrogen and oxygen atoms in total. The van der Waals surface area contributed by atoms with Crippen molar-refractivity contribution >= 4 is 46.6 Å². The minimum absolute atomic E-state index is 0.151. The molecule has 1 amide bonds. The van der Waals surface area contributed by atoms with Crippen LogP contribution in [-0.2, 0) is 4.79 Å². The van der Waals surface area contributed by atoms with Crippen molar-refractivity contribution in [2.45, 2.75) is 12.1 Å². The summed E-state index contributed by atoms with van der Waals surface area (Å²) in [6.45, 7) is 1.86. The van der Waals surface area contributed by atoms with E-state index in [0.29, 0.717) is 26.7 Å². The standard InChI is InChI=1S/C18H14Cl2N2O2S/c1-11-14(20)3-2-4-15(11)22-17(23)10-25-18-21-9-16(24-18)12-5-7-13(19)8-6-12/h2-9H,10H2,1H3,(H,22,23). The van der Waals surface area contributed by atoms with Gasteiger partial charge in [0.2, 0.25) is 5.91 Å². The van der Waals surface area contributed by atoms with E-state index in [9.17, 15) is 4.79 Å². The Morgan fingerprint density at radius 1 is 1.20 bits per heavy atom. The SMILES string of the molecule is Cc1c(Cl)cccc1NC(=O)CSc1ncc(-c2ccc(Cl)cc2)o1. The van der Waals surface area contributed by atoms with E-state index in [1.165, 1.54) is 11.8 Å². The topological polar surface area (TPSA) is 55.1 Å². The number of rotatable bonds is 5. The lowest BCUT2D eigenvalue weighted by Crippen LogP contribution is -2.14. The van der Waals surface area contributed by atoms with Crippen LogP contribution >= 0.6 is 35.0 Å². The Kier molecular flexibility index (Phi) is 5.68.